The molecule has 0 atom stereocenters. The Balaban J connectivity index is 0. The van der Waals surface area contributed by atoms with E-state index in [2.05, 4.69) is 38.1 Å². The molecule has 0 saturated heterocycles. The fourth-order valence-electron chi connectivity index (χ4n) is 1.09. The van der Waals surface area contributed by atoms with E-state index in [0.29, 0.717) is 5.92 Å². The molecule has 8 heteroatoms. The number of hydrogen-bond acceptors (Lipinski definition) is 0. The van der Waals surface area contributed by atoms with Crippen molar-refractivity contribution in [1.82, 2.24) is 0 Å². The Labute approximate surface area is 130 Å². The van der Waals surface area contributed by atoms with Crippen molar-refractivity contribution in [2.75, 3.05) is 0 Å². The predicted octanol–water partition coefficient (Wildman–Crippen LogP) is 7.31. The largest absolute Gasteiger partial charge is 0.748 e. The van der Waals surface area contributed by atoms with Gasteiger partial charge >= 0.3 is 33.0 Å². The maximum Gasteiger partial charge on any atom is 0 e. The van der Waals surface area contributed by atoms with Crippen LogP contribution in [0.1, 0.15) is 25.3 Å². The van der Waals surface area contributed by atoms with Gasteiger partial charge in [-0.2, -0.15) is 17.7 Å². The van der Waals surface area contributed by atoms with Gasteiger partial charge in [0.1, 0.15) is 0 Å². The second-order valence-corrected chi connectivity index (χ2v) is 6.21. The summed E-state index contributed by atoms with van der Waals surface area (Å²) in [5.41, 5.74) is 1.44. The summed E-state index contributed by atoms with van der Waals surface area (Å²) in [7, 11) is -10.7. The quantitative estimate of drug-likeness (QED) is 0.213. The van der Waals surface area contributed by atoms with Gasteiger partial charge in [-0.25, -0.2) is 12.1 Å². The Morgan fingerprint density at radius 1 is 0.762 bits per heavy atom. The standard InChI is InChI=1S/C8H11.C5H5.F6P.Fe/c1-7(2)8-5-3-4-6-8;1-2-4-5-3-1;1-7(2,3,4,5)6;/h3-7H,1-2H3;1-5H;;/q-1;-5;-1;. The van der Waals surface area contributed by atoms with Crippen molar-refractivity contribution in [2.45, 2.75) is 19.8 Å². The van der Waals surface area contributed by atoms with Gasteiger partial charge in [0.2, 0.25) is 0 Å². The molecule has 0 amide bonds. The number of halogens is 6. The molecule has 2 aromatic carbocycles. The molecule has 2 rings (SSSR count). The molecule has 130 valence electrons. The SMILES string of the molecule is CC(C)[c-]1cccc1.F[P-](F)(F)(F)(F)F.[Fe].[cH-]1[cH-][cH-][cH-][cH-]1. The van der Waals surface area contributed by atoms with E-state index in [-0.39, 0.29) is 17.1 Å². The van der Waals surface area contributed by atoms with Gasteiger partial charge in [-0.15, -0.1) is 0 Å². The molecule has 0 aliphatic heterocycles. The fourth-order valence-corrected chi connectivity index (χ4v) is 1.09. The molecule has 0 unspecified atom stereocenters. The van der Waals surface area contributed by atoms with Crippen molar-refractivity contribution in [1.29, 1.82) is 0 Å². The van der Waals surface area contributed by atoms with Crippen molar-refractivity contribution >= 4 is 7.81 Å². The third-order valence-corrected chi connectivity index (χ3v) is 1.91. The van der Waals surface area contributed by atoms with Crippen LogP contribution in [0.25, 0.3) is 0 Å². The van der Waals surface area contributed by atoms with Gasteiger partial charge in [0.15, 0.2) is 0 Å². The van der Waals surface area contributed by atoms with Crippen molar-refractivity contribution in [3.05, 3.63) is 60.2 Å². The van der Waals surface area contributed by atoms with Crippen molar-refractivity contribution in [3.63, 3.8) is 0 Å². The maximum absolute atomic E-state index is 10.7. The van der Waals surface area contributed by atoms with Gasteiger partial charge in [0.25, 0.3) is 0 Å². The molecule has 0 heterocycles. The Kier molecular flexibility index (Phi) is 8.02. The molecule has 0 aromatic heterocycles. The van der Waals surface area contributed by atoms with Gasteiger partial charge in [-0.1, -0.05) is 19.8 Å². The molecule has 2 aromatic rings. The van der Waals surface area contributed by atoms with Crippen LogP contribution >= 0.6 is 7.81 Å². The first kappa shape index (κ1) is 22.5. The average molecular weight is 373 g/mol. The number of hydrogen-bond donors (Lipinski definition) is 0. The molecule has 0 spiro atoms. The monoisotopic (exact) mass is 373 g/mol. The van der Waals surface area contributed by atoms with Gasteiger partial charge in [0, 0.05) is 17.1 Å². The van der Waals surface area contributed by atoms with Crippen LogP contribution in [0.3, 0.4) is 0 Å². The molecule has 0 fully saturated rings. The van der Waals surface area contributed by atoms with E-state index < -0.39 is 7.81 Å². The zero-order chi connectivity index (χ0) is 15.9. The Hall–Kier alpha value is -0.771. The Morgan fingerprint density at radius 3 is 1.14 bits per heavy atom. The second-order valence-electron chi connectivity index (χ2n) is 4.29. The van der Waals surface area contributed by atoms with Crippen LogP contribution in [0, 0.1) is 0 Å². The van der Waals surface area contributed by atoms with E-state index in [0.717, 1.165) is 0 Å². The van der Waals surface area contributed by atoms with Crippen molar-refractivity contribution in [3.8, 4) is 0 Å². The summed E-state index contributed by atoms with van der Waals surface area (Å²) >= 11 is 0. The molecule has 0 N–H and O–H groups in total. The van der Waals surface area contributed by atoms with Crippen molar-refractivity contribution in [2.24, 2.45) is 0 Å². The first-order chi connectivity index (χ1) is 8.75. The summed E-state index contributed by atoms with van der Waals surface area (Å²) in [4.78, 5) is 0. The maximum atomic E-state index is 9.87. The van der Waals surface area contributed by atoms with Gasteiger partial charge in [-0.05, 0) is 0 Å². The molecular weight excluding hydrogens is 357 g/mol. The van der Waals surface area contributed by atoms with Gasteiger partial charge in [-0.3, -0.25) is 0 Å². The minimum Gasteiger partial charge on any atom is -0.748 e. The molecule has 21 heavy (non-hydrogen) atoms. The molecule has 0 radical (unpaired) electrons. The van der Waals surface area contributed by atoms with E-state index in [4.69, 9.17) is 0 Å². The summed E-state index contributed by atoms with van der Waals surface area (Å²) in [5.74, 6) is 0.685. The topological polar surface area (TPSA) is 0 Å². The zero-order valence-corrected chi connectivity index (χ0v) is 13.3. The average Bonchev–Trinajstić information content (AvgIpc) is 2.90. The minimum absolute atomic E-state index is 0. The van der Waals surface area contributed by atoms with Crippen LogP contribution in [0.5, 0.6) is 0 Å². The van der Waals surface area contributed by atoms with E-state index in [9.17, 15) is 25.2 Å². The van der Waals surface area contributed by atoms with Gasteiger partial charge in [0.05, 0.1) is 0 Å². The van der Waals surface area contributed by atoms with Crippen LogP contribution < -0.4 is 0 Å². The summed E-state index contributed by atoms with van der Waals surface area (Å²) < 4.78 is 59.2. The molecule has 0 aliphatic carbocycles. The van der Waals surface area contributed by atoms with Crippen LogP contribution in [0.15, 0.2) is 54.6 Å². The summed E-state index contributed by atoms with van der Waals surface area (Å²) in [6.07, 6.45) is 0. The molecule has 0 bridgehead atoms. The third-order valence-electron chi connectivity index (χ3n) is 1.91. The third kappa shape index (κ3) is 24.6. The van der Waals surface area contributed by atoms with E-state index >= 15 is 0 Å². The fraction of sp³-hybridized carbons (Fsp3) is 0.231. The number of rotatable bonds is 1. The molecular formula is C13H16F6FeP-7. The normalized spacial score (nSPS) is 13.6. The van der Waals surface area contributed by atoms with Crippen LogP contribution in [-0.4, -0.2) is 0 Å². The van der Waals surface area contributed by atoms with Crippen LogP contribution in [0.4, 0.5) is 25.2 Å². The van der Waals surface area contributed by atoms with Crippen molar-refractivity contribution < 1.29 is 42.3 Å². The second kappa shape index (κ2) is 7.48. The first-order valence-electron chi connectivity index (χ1n) is 5.70. The molecule has 0 saturated carbocycles. The van der Waals surface area contributed by atoms with Crippen LogP contribution in [0.2, 0.25) is 0 Å². The molecule has 0 nitrogen and oxygen atoms in total. The summed E-state index contributed by atoms with van der Waals surface area (Å²) in [6.45, 7) is 4.41. The molecule has 0 aliphatic rings. The summed E-state index contributed by atoms with van der Waals surface area (Å²) in [5, 5.41) is 0. The zero-order valence-electron chi connectivity index (χ0n) is 11.3. The predicted molar refractivity (Wildman–Crippen MR) is 71.7 cm³/mol. The van der Waals surface area contributed by atoms with Gasteiger partial charge < -0.3 is 30.3 Å². The van der Waals surface area contributed by atoms with E-state index in [1.165, 1.54) is 5.56 Å². The Bertz CT molecular complexity index is 427. The van der Waals surface area contributed by atoms with E-state index in [1.54, 1.807) is 0 Å². The van der Waals surface area contributed by atoms with E-state index in [1.807, 2.05) is 30.3 Å². The minimum atomic E-state index is -10.7. The first-order valence-corrected chi connectivity index (χ1v) is 7.73. The smallest absolute Gasteiger partial charge is 0 e. The Morgan fingerprint density at radius 2 is 1.00 bits per heavy atom. The van der Waals surface area contributed by atoms with Crippen LogP contribution in [-0.2, 0) is 17.1 Å². The summed E-state index contributed by atoms with van der Waals surface area (Å²) in [6, 6.07) is 18.5.